The molecule has 1 aromatic carbocycles. The molecule has 1 aliphatic heterocycles. The average Bonchev–Trinajstić information content (AvgIpc) is 3.09. The molecule has 0 atom stereocenters. The number of hydrogen-bond donors (Lipinski definition) is 2. The van der Waals surface area contributed by atoms with Gasteiger partial charge in [-0.1, -0.05) is 29.3 Å². The Labute approximate surface area is 186 Å². The molecule has 4 rings (SSSR count). The maximum Gasteiger partial charge on any atom is 0.329 e. The van der Waals surface area contributed by atoms with E-state index in [9.17, 15) is 14.4 Å². The summed E-state index contributed by atoms with van der Waals surface area (Å²) >= 11 is 12.2. The van der Waals surface area contributed by atoms with Crippen LogP contribution in [-0.2, 0) is 18.4 Å². The van der Waals surface area contributed by atoms with Gasteiger partial charge >= 0.3 is 5.69 Å². The number of rotatable bonds is 5. The van der Waals surface area contributed by atoms with Gasteiger partial charge in [-0.2, -0.15) is 4.98 Å². The van der Waals surface area contributed by atoms with Gasteiger partial charge in [0.2, 0.25) is 11.9 Å². The first-order valence-electron chi connectivity index (χ1n) is 9.63. The minimum absolute atomic E-state index is 0.196. The second kappa shape index (κ2) is 8.37. The molecule has 3 aromatic rings. The zero-order chi connectivity index (χ0) is 22.3. The third-order valence-corrected chi connectivity index (χ3v) is 6.09. The highest BCUT2D eigenvalue weighted by atomic mass is 35.5. The van der Waals surface area contributed by atoms with Crippen LogP contribution < -0.4 is 21.9 Å². The van der Waals surface area contributed by atoms with Crippen molar-refractivity contribution >= 4 is 46.2 Å². The van der Waals surface area contributed by atoms with Gasteiger partial charge in [-0.25, -0.2) is 4.79 Å². The van der Waals surface area contributed by atoms with Gasteiger partial charge in [0.05, 0.1) is 23.1 Å². The molecule has 1 fully saturated rings. The summed E-state index contributed by atoms with van der Waals surface area (Å²) in [7, 11) is 1.56. The van der Waals surface area contributed by atoms with Crippen molar-refractivity contribution in [3.8, 4) is 0 Å². The number of fused-ring (bicyclic) bond motifs is 1. The number of nitrogens with one attached hydrogen (secondary N) is 1. The Morgan fingerprint density at radius 2 is 1.87 bits per heavy atom. The number of aromatic amines is 1. The van der Waals surface area contributed by atoms with E-state index in [0.29, 0.717) is 59.9 Å². The normalized spacial score (nSPS) is 15.0. The Balaban J connectivity index is 1.78. The summed E-state index contributed by atoms with van der Waals surface area (Å²) < 4.78 is 3.09. The molecule has 12 heteroatoms. The number of carbonyl (C=O) groups excluding carboxylic acids is 1. The Kier molecular flexibility index (Phi) is 5.78. The molecule has 2 aromatic heterocycles. The maximum atomic E-state index is 12.7. The summed E-state index contributed by atoms with van der Waals surface area (Å²) in [4.78, 5) is 47.0. The Hall–Kier alpha value is -2.82. The van der Waals surface area contributed by atoms with Gasteiger partial charge in [0.1, 0.15) is 0 Å². The van der Waals surface area contributed by atoms with E-state index in [4.69, 9.17) is 28.9 Å². The van der Waals surface area contributed by atoms with Crippen molar-refractivity contribution in [3.05, 3.63) is 54.6 Å². The average molecular weight is 466 g/mol. The molecule has 0 bridgehead atoms. The van der Waals surface area contributed by atoms with Gasteiger partial charge in [0.15, 0.2) is 11.2 Å². The number of amides is 1. The largest absolute Gasteiger partial charge is 0.369 e. The van der Waals surface area contributed by atoms with E-state index < -0.39 is 11.2 Å². The van der Waals surface area contributed by atoms with Crippen LogP contribution in [0, 0.1) is 0 Å². The van der Waals surface area contributed by atoms with E-state index in [1.54, 1.807) is 23.7 Å². The molecule has 1 saturated heterocycles. The number of aromatic nitrogens is 4. The highest BCUT2D eigenvalue weighted by molar-refractivity contribution is 6.42. The Morgan fingerprint density at radius 3 is 2.52 bits per heavy atom. The predicted octanol–water partition coefficient (Wildman–Crippen LogP) is 0.386. The number of imidazole rings is 1. The molecule has 0 unspecified atom stereocenters. The number of carbonyl (C=O) groups is 1. The molecule has 0 aliphatic carbocycles. The lowest BCUT2D eigenvalue weighted by Gasteiger charge is -2.34. The summed E-state index contributed by atoms with van der Waals surface area (Å²) in [5, 5.41) is 0.846. The summed E-state index contributed by atoms with van der Waals surface area (Å²) in [6.45, 7) is 2.92. The van der Waals surface area contributed by atoms with Gasteiger partial charge < -0.3 is 10.6 Å². The fraction of sp³-hybridized carbons (Fsp3) is 0.368. The number of H-pyrrole nitrogens is 1. The lowest BCUT2D eigenvalue weighted by molar-refractivity contribution is -0.119. The number of aryl methyl sites for hydroxylation is 1. The summed E-state index contributed by atoms with van der Waals surface area (Å²) in [5.41, 5.74) is 5.67. The Bertz CT molecular complexity index is 1270. The molecule has 10 nitrogen and oxygen atoms in total. The van der Waals surface area contributed by atoms with Crippen molar-refractivity contribution < 1.29 is 4.79 Å². The SMILES string of the molecule is Cn1c(=O)[nH]c(=O)c2c1nc(N1CCN(CC(N)=O)CC1)n2Cc1ccc(Cl)c(Cl)c1. The smallest absolute Gasteiger partial charge is 0.329 e. The van der Waals surface area contributed by atoms with E-state index in [0.717, 1.165) is 5.56 Å². The van der Waals surface area contributed by atoms with E-state index in [-0.39, 0.29) is 12.5 Å². The van der Waals surface area contributed by atoms with Crippen LogP contribution in [0.2, 0.25) is 10.0 Å². The first-order chi connectivity index (χ1) is 14.7. The number of nitrogens with two attached hydrogens (primary N) is 1. The third kappa shape index (κ3) is 4.18. The van der Waals surface area contributed by atoms with Crippen LogP contribution in [0.5, 0.6) is 0 Å². The second-order valence-corrected chi connectivity index (χ2v) is 8.28. The van der Waals surface area contributed by atoms with Crippen LogP contribution in [0.15, 0.2) is 27.8 Å². The Morgan fingerprint density at radius 1 is 1.16 bits per heavy atom. The third-order valence-electron chi connectivity index (χ3n) is 5.35. The molecule has 3 heterocycles. The molecular formula is C19H21Cl2N7O3. The number of nitrogens with zero attached hydrogens (tertiary/aromatic N) is 5. The van der Waals surface area contributed by atoms with Crippen molar-refractivity contribution in [2.24, 2.45) is 12.8 Å². The monoisotopic (exact) mass is 465 g/mol. The summed E-state index contributed by atoms with van der Waals surface area (Å²) in [6.07, 6.45) is 0. The fourth-order valence-corrected chi connectivity index (χ4v) is 4.08. The number of halogens is 2. The van der Waals surface area contributed by atoms with Gasteiger partial charge in [-0.05, 0) is 17.7 Å². The lowest BCUT2D eigenvalue weighted by atomic mass is 10.2. The lowest BCUT2D eigenvalue weighted by Crippen LogP contribution is -2.49. The molecule has 31 heavy (non-hydrogen) atoms. The van der Waals surface area contributed by atoms with Gasteiger partial charge in [0.25, 0.3) is 5.56 Å². The minimum atomic E-state index is -0.533. The van der Waals surface area contributed by atoms with E-state index in [1.165, 1.54) is 4.57 Å². The van der Waals surface area contributed by atoms with Gasteiger partial charge in [-0.3, -0.25) is 28.6 Å². The molecular weight excluding hydrogens is 445 g/mol. The minimum Gasteiger partial charge on any atom is -0.369 e. The quantitative estimate of drug-likeness (QED) is 0.561. The number of benzene rings is 1. The predicted molar refractivity (Wildman–Crippen MR) is 119 cm³/mol. The van der Waals surface area contributed by atoms with Crippen LogP contribution in [0.4, 0.5) is 5.95 Å². The van der Waals surface area contributed by atoms with E-state index in [2.05, 4.69) is 9.97 Å². The van der Waals surface area contributed by atoms with Crippen molar-refractivity contribution in [2.45, 2.75) is 6.54 Å². The molecule has 164 valence electrons. The first kappa shape index (κ1) is 21.4. The second-order valence-electron chi connectivity index (χ2n) is 7.47. The number of hydrogen-bond acceptors (Lipinski definition) is 6. The van der Waals surface area contributed by atoms with Crippen molar-refractivity contribution in [3.63, 3.8) is 0 Å². The fourth-order valence-electron chi connectivity index (χ4n) is 3.76. The van der Waals surface area contributed by atoms with Gasteiger partial charge in [-0.15, -0.1) is 0 Å². The molecule has 0 radical (unpaired) electrons. The zero-order valence-electron chi connectivity index (χ0n) is 16.8. The van der Waals surface area contributed by atoms with Crippen LogP contribution >= 0.6 is 23.2 Å². The van der Waals surface area contributed by atoms with Crippen molar-refractivity contribution in [1.29, 1.82) is 0 Å². The first-order valence-corrected chi connectivity index (χ1v) is 10.4. The topological polar surface area (TPSA) is 122 Å². The molecule has 1 aliphatic rings. The van der Waals surface area contributed by atoms with Crippen molar-refractivity contribution in [2.75, 3.05) is 37.6 Å². The van der Waals surface area contributed by atoms with Crippen LogP contribution in [0.25, 0.3) is 11.2 Å². The molecule has 0 spiro atoms. The number of anilines is 1. The van der Waals surface area contributed by atoms with Crippen LogP contribution in [0.1, 0.15) is 5.56 Å². The van der Waals surface area contributed by atoms with Crippen LogP contribution in [0.3, 0.4) is 0 Å². The maximum absolute atomic E-state index is 12.7. The summed E-state index contributed by atoms with van der Waals surface area (Å²) in [5.74, 6) is 0.188. The molecule has 0 saturated carbocycles. The highest BCUT2D eigenvalue weighted by Gasteiger charge is 2.25. The molecule has 1 amide bonds. The van der Waals surface area contributed by atoms with Crippen LogP contribution in [-0.4, -0.2) is 62.6 Å². The van der Waals surface area contributed by atoms with E-state index in [1.807, 2.05) is 15.9 Å². The number of primary amides is 1. The van der Waals surface area contributed by atoms with E-state index >= 15 is 0 Å². The standard InChI is InChI=1S/C19H21Cl2N7O3/c1-25-16-15(17(30)24-19(25)31)28(9-11-2-3-12(20)13(21)8-11)18(23-16)27-6-4-26(5-7-27)10-14(22)29/h2-3,8H,4-7,9-10H2,1H3,(H2,22,29)(H,24,30,31). The zero-order valence-corrected chi connectivity index (χ0v) is 18.3. The highest BCUT2D eigenvalue weighted by Crippen LogP contribution is 2.26. The van der Waals surface area contributed by atoms with Crippen molar-refractivity contribution in [1.82, 2.24) is 24.0 Å². The summed E-state index contributed by atoms with van der Waals surface area (Å²) in [6, 6.07) is 5.26. The molecule has 3 N–H and O–H groups in total. The van der Waals surface area contributed by atoms with Gasteiger partial charge in [0, 0.05) is 33.2 Å². The number of piperazine rings is 1.